The molecule has 39 heavy (non-hydrogen) atoms. The van der Waals surface area contributed by atoms with Crippen molar-refractivity contribution in [1.82, 2.24) is 9.65 Å². The average molecular weight is 577 g/mol. The van der Waals surface area contributed by atoms with Crippen molar-refractivity contribution in [2.24, 2.45) is 0 Å². The van der Waals surface area contributed by atoms with Crippen molar-refractivity contribution < 1.29 is 66.6 Å². The van der Waals surface area contributed by atoms with Crippen LogP contribution >= 0.6 is 7.75 Å². The van der Waals surface area contributed by atoms with Crippen molar-refractivity contribution in [1.29, 1.82) is 0 Å². The van der Waals surface area contributed by atoms with Gasteiger partial charge in [0, 0.05) is 25.3 Å². The monoisotopic (exact) mass is 577 g/mol. The molecule has 0 unspecified atom stereocenters. The number of nitrogens with one attached hydrogen (secondary N) is 1. The van der Waals surface area contributed by atoms with Gasteiger partial charge in [-0.05, 0) is 51.2 Å². The van der Waals surface area contributed by atoms with Crippen LogP contribution in [-0.2, 0) is 13.6 Å². The smallest absolute Gasteiger partial charge is 0.545 e. The zero-order valence-electron chi connectivity index (χ0n) is 22.6. The van der Waals surface area contributed by atoms with Gasteiger partial charge in [0.1, 0.15) is 11.5 Å². The number of benzene rings is 1. The Balaban J connectivity index is 0.00000420. The summed E-state index contributed by atoms with van der Waals surface area (Å²) in [7, 11) is -2.32. The van der Waals surface area contributed by atoms with E-state index < -0.39 is 36.4 Å². The first-order valence-electron chi connectivity index (χ1n) is 12.6. The fraction of sp³-hybridized carbons (Fsp3) is 0.520. The Morgan fingerprint density at radius 1 is 1.26 bits per heavy atom. The van der Waals surface area contributed by atoms with Crippen molar-refractivity contribution in [2.75, 3.05) is 44.9 Å². The fourth-order valence-electron chi connectivity index (χ4n) is 4.76. The van der Waals surface area contributed by atoms with E-state index in [0.29, 0.717) is 25.0 Å². The number of aromatic carboxylic acids is 1. The number of hydrogen-bond acceptors (Lipinski definition) is 8. The second kappa shape index (κ2) is 13.2. The molecule has 1 aromatic heterocycles. The summed E-state index contributed by atoms with van der Waals surface area (Å²) in [5.41, 5.74) is -0.675. The van der Waals surface area contributed by atoms with Crippen LogP contribution in [0.3, 0.4) is 0 Å². The SMILES string of the molecule is CCOP(=O)(NCC(F)=C1CCCN(c2c(F)cc3c(=O)c(C(=O)[O-])cn(C4CC4)c3c2OC)C1)OCC.[Na+]. The third kappa shape index (κ3) is 6.75. The molecule has 4 rings (SSSR count). The summed E-state index contributed by atoms with van der Waals surface area (Å²) in [5, 5.41) is 14.0. The van der Waals surface area contributed by atoms with Crippen LogP contribution in [0.5, 0.6) is 5.75 Å². The first-order valence-corrected chi connectivity index (χ1v) is 14.1. The first-order chi connectivity index (χ1) is 18.1. The van der Waals surface area contributed by atoms with Gasteiger partial charge in [-0.2, -0.15) is 0 Å². The summed E-state index contributed by atoms with van der Waals surface area (Å²) < 4.78 is 61.0. The molecule has 0 radical (unpaired) electrons. The number of anilines is 1. The van der Waals surface area contributed by atoms with E-state index in [9.17, 15) is 19.3 Å². The number of methoxy groups -OCH3 is 1. The number of nitrogens with zero attached hydrogens (tertiary/aromatic N) is 2. The molecule has 2 fully saturated rings. The topological polar surface area (TPSA) is 122 Å². The van der Waals surface area contributed by atoms with Crippen LogP contribution in [-0.4, -0.2) is 50.5 Å². The number of hydrogen-bond donors (Lipinski definition) is 1. The maximum Gasteiger partial charge on any atom is 1.00 e. The van der Waals surface area contributed by atoms with Crippen LogP contribution in [0.4, 0.5) is 14.5 Å². The molecule has 10 nitrogen and oxygen atoms in total. The van der Waals surface area contributed by atoms with Gasteiger partial charge >= 0.3 is 37.3 Å². The van der Waals surface area contributed by atoms with E-state index >= 15 is 8.78 Å². The quantitative estimate of drug-likeness (QED) is 0.300. The van der Waals surface area contributed by atoms with Crippen LogP contribution in [0, 0.1) is 5.82 Å². The minimum atomic E-state index is -3.67. The zero-order valence-corrected chi connectivity index (χ0v) is 25.4. The number of ether oxygens (including phenoxy) is 1. The predicted octanol–water partition coefficient (Wildman–Crippen LogP) is 0.446. The Bertz CT molecular complexity index is 1370. The van der Waals surface area contributed by atoms with Gasteiger partial charge in [0.05, 0.1) is 49.3 Å². The summed E-state index contributed by atoms with van der Waals surface area (Å²) in [5.74, 6) is -2.90. The minimum Gasteiger partial charge on any atom is -0.545 e. The number of carboxylic acid groups (broad SMARTS) is 1. The standard InChI is InChI=1S/C25H32F2N3O7P.Na/c1-4-36-38(34,37-5-2)28-12-20(27)15-7-6-10-29(13-15)22-19(26)11-17-21(24(22)35-3)30(16-8-9-16)14-18(23(17)31)25(32)33;/h11,14,16H,4-10,12-13H2,1-3H3,(H,28,34)(H,32,33);/q;+1/p-1. The van der Waals surface area contributed by atoms with Gasteiger partial charge in [0.15, 0.2) is 17.0 Å². The maximum atomic E-state index is 15.6. The molecule has 1 aliphatic carbocycles. The number of pyridine rings is 1. The molecule has 0 spiro atoms. The molecule has 1 saturated heterocycles. The van der Waals surface area contributed by atoms with Crippen LogP contribution in [0.2, 0.25) is 0 Å². The molecule has 2 aliphatic rings. The van der Waals surface area contributed by atoms with Gasteiger partial charge in [-0.3, -0.25) is 13.8 Å². The molecule has 2 aromatic rings. The molecule has 1 aromatic carbocycles. The second-order valence-corrected chi connectivity index (χ2v) is 11.0. The molecule has 208 valence electrons. The van der Waals surface area contributed by atoms with Gasteiger partial charge in [-0.15, -0.1) is 0 Å². The molecule has 0 amide bonds. The van der Waals surface area contributed by atoms with Crippen molar-refractivity contribution >= 4 is 30.3 Å². The Hall–Kier alpha value is -1.79. The molecular weight excluding hydrogens is 546 g/mol. The predicted molar refractivity (Wildman–Crippen MR) is 136 cm³/mol. The average Bonchev–Trinajstić information content (AvgIpc) is 3.73. The summed E-state index contributed by atoms with van der Waals surface area (Å²) in [6.07, 6.45) is 3.68. The van der Waals surface area contributed by atoms with Gasteiger partial charge in [0.25, 0.3) is 0 Å². The summed E-state index contributed by atoms with van der Waals surface area (Å²) in [6.45, 7) is 3.57. The van der Waals surface area contributed by atoms with E-state index in [2.05, 4.69) is 5.09 Å². The van der Waals surface area contributed by atoms with E-state index in [4.69, 9.17) is 13.8 Å². The number of rotatable bonds is 11. The van der Waals surface area contributed by atoms with Gasteiger partial charge in [-0.1, -0.05) is 0 Å². The summed E-state index contributed by atoms with van der Waals surface area (Å²) >= 11 is 0. The minimum absolute atomic E-state index is 0. The Morgan fingerprint density at radius 2 is 1.92 bits per heavy atom. The number of carbonyl (C=O) groups is 1. The van der Waals surface area contributed by atoms with E-state index in [1.54, 1.807) is 23.3 Å². The second-order valence-electron chi connectivity index (χ2n) is 9.14. The van der Waals surface area contributed by atoms with Gasteiger partial charge in [0.2, 0.25) is 0 Å². The number of halogens is 2. The number of carbonyl (C=O) groups excluding carboxylic acids is 1. The number of aromatic nitrogens is 1. The van der Waals surface area contributed by atoms with Gasteiger partial charge < -0.3 is 24.1 Å². The molecule has 1 aliphatic heterocycles. The van der Waals surface area contributed by atoms with Crippen molar-refractivity contribution in [3.05, 3.63) is 45.3 Å². The van der Waals surface area contributed by atoms with Crippen LogP contribution in [0.1, 0.15) is 55.9 Å². The molecule has 2 heterocycles. The molecule has 0 bridgehead atoms. The molecule has 0 atom stereocenters. The Labute approximate surface area is 247 Å². The van der Waals surface area contributed by atoms with E-state index in [-0.39, 0.29) is 84.2 Å². The maximum absolute atomic E-state index is 15.6. The van der Waals surface area contributed by atoms with Gasteiger partial charge in [-0.25, -0.2) is 18.4 Å². The van der Waals surface area contributed by atoms with Crippen molar-refractivity contribution in [3.63, 3.8) is 0 Å². The number of carboxylic acids is 1. The number of piperidine rings is 1. The fourth-order valence-corrected chi connectivity index (χ4v) is 6.03. The summed E-state index contributed by atoms with van der Waals surface area (Å²) in [4.78, 5) is 26.1. The first kappa shape index (κ1) is 31.7. The third-order valence-electron chi connectivity index (χ3n) is 6.58. The molecule has 1 saturated carbocycles. The Kier molecular flexibility index (Phi) is 10.8. The number of fused-ring (bicyclic) bond motifs is 1. The van der Waals surface area contributed by atoms with Crippen molar-refractivity contribution in [3.8, 4) is 5.75 Å². The normalized spacial score (nSPS) is 17.2. The van der Waals surface area contributed by atoms with Crippen LogP contribution in [0.25, 0.3) is 10.9 Å². The zero-order chi connectivity index (χ0) is 27.6. The van der Waals surface area contributed by atoms with Crippen molar-refractivity contribution in [2.45, 2.75) is 45.6 Å². The van der Waals surface area contributed by atoms with E-state index in [1.807, 2.05) is 0 Å². The van der Waals surface area contributed by atoms with E-state index in [0.717, 1.165) is 18.9 Å². The largest absolute Gasteiger partial charge is 1.00 e. The van der Waals surface area contributed by atoms with E-state index in [1.165, 1.54) is 13.3 Å². The van der Waals surface area contributed by atoms with Crippen LogP contribution < -0.4 is 54.8 Å². The molecule has 14 heteroatoms. The molecule has 1 N–H and O–H groups in total. The molecular formula is C25H31F2N3NaO7P. The third-order valence-corrected chi connectivity index (χ3v) is 8.32. The van der Waals surface area contributed by atoms with Crippen LogP contribution in [0.15, 0.2) is 28.5 Å². The summed E-state index contributed by atoms with van der Waals surface area (Å²) in [6, 6.07) is 0.951. The Morgan fingerprint density at radius 3 is 2.49 bits per heavy atom.